The quantitative estimate of drug-likeness (QED) is 0.788. The Labute approximate surface area is 113 Å². The number of nitrogens with one attached hydrogen (secondary N) is 1. The highest BCUT2D eigenvalue weighted by molar-refractivity contribution is 5.92. The van der Waals surface area contributed by atoms with E-state index in [-0.39, 0.29) is 5.56 Å². The Balaban J connectivity index is 2.19. The average Bonchev–Trinajstić information content (AvgIpc) is 2.39. The summed E-state index contributed by atoms with van der Waals surface area (Å²) in [5.41, 5.74) is 5.26. The van der Waals surface area contributed by atoms with Crippen molar-refractivity contribution in [1.29, 1.82) is 0 Å². The predicted molar refractivity (Wildman–Crippen MR) is 69.4 cm³/mol. The van der Waals surface area contributed by atoms with E-state index >= 15 is 0 Å². The molecule has 1 amide bonds. The lowest BCUT2D eigenvalue weighted by molar-refractivity contribution is 0.0691. The number of aromatic nitrogens is 1. The van der Waals surface area contributed by atoms with Gasteiger partial charge < -0.3 is 16.2 Å². The maximum absolute atomic E-state index is 13.5. The highest BCUT2D eigenvalue weighted by Crippen LogP contribution is 2.18. The van der Waals surface area contributed by atoms with Crippen LogP contribution < -0.4 is 11.1 Å². The number of carbonyl (C=O) groups is 2. The molecule has 0 atom stereocenters. The SMILES string of the molecule is NC(=O)c1ccc(Nc2ccc(C(=O)O)c(F)c2)nc1. The lowest BCUT2D eigenvalue weighted by atomic mass is 10.2. The first-order valence-corrected chi connectivity index (χ1v) is 5.53. The van der Waals surface area contributed by atoms with Gasteiger partial charge in [0.05, 0.1) is 11.1 Å². The van der Waals surface area contributed by atoms with Crippen LogP contribution >= 0.6 is 0 Å². The van der Waals surface area contributed by atoms with E-state index < -0.39 is 23.3 Å². The Kier molecular flexibility index (Phi) is 3.60. The third kappa shape index (κ3) is 2.89. The molecule has 0 aliphatic rings. The van der Waals surface area contributed by atoms with E-state index in [1.807, 2.05) is 0 Å². The number of carboxylic acid groups (broad SMARTS) is 1. The average molecular weight is 275 g/mol. The molecule has 4 N–H and O–H groups in total. The molecule has 102 valence electrons. The maximum atomic E-state index is 13.5. The van der Waals surface area contributed by atoms with Crippen molar-refractivity contribution in [3.05, 3.63) is 53.5 Å². The summed E-state index contributed by atoms with van der Waals surface area (Å²) in [5, 5.41) is 11.5. The number of nitrogens with zero attached hydrogens (tertiary/aromatic N) is 1. The van der Waals surface area contributed by atoms with Crippen molar-refractivity contribution in [2.24, 2.45) is 5.73 Å². The minimum Gasteiger partial charge on any atom is -0.478 e. The third-order valence-corrected chi connectivity index (χ3v) is 2.52. The summed E-state index contributed by atoms with van der Waals surface area (Å²) in [6.07, 6.45) is 1.28. The van der Waals surface area contributed by atoms with Crippen LogP contribution in [0.1, 0.15) is 20.7 Å². The molecule has 1 aromatic heterocycles. The fourth-order valence-corrected chi connectivity index (χ4v) is 1.53. The second-order valence-corrected chi connectivity index (χ2v) is 3.92. The van der Waals surface area contributed by atoms with E-state index in [1.165, 1.54) is 24.4 Å². The molecule has 6 nitrogen and oxygen atoms in total. The van der Waals surface area contributed by atoms with E-state index in [1.54, 1.807) is 0 Å². The first-order valence-electron chi connectivity index (χ1n) is 5.53. The Hall–Kier alpha value is -2.96. The smallest absolute Gasteiger partial charge is 0.338 e. The van der Waals surface area contributed by atoms with Gasteiger partial charge in [-0.05, 0) is 30.3 Å². The maximum Gasteiger partial charge on any atom is 0.338 e. The number of benzene rings is 1. The van der Waals surface area contributed by atoms with Crippen LogP contribution in [-0.2, 0) is 0 Å². The first kappa shape index (κ1) is 13.5. The number of rotatable bonds is 4. The molecule has 1 heterocycles. The van der Waals surface area contributed by atoms with Gasteiger partial charge in [0.15, 0.2) is 0 Å². The summed E-state index contributed by atoms with van der Waals surface area (Å²) in [6, 6.07) is 6.59. The van der Waals surface area contributed by atoms with Crippen LogP contribution in [0.5, 0.6) is 0 Å². The summed E-state index contributed by atoms with van der Waals surface area (Å²) in [6.45, 7) is 0. The zero-order valence-electron chi connectivity index (χ0n) is 10.1. The summed E-state index contributed by atoms with van der Waals surface area (Å²) < 4.78 is 13.5. The standard InChI is InChI=1S/C13H10FN3O3/c14-10-5-8(2-3-9(10)13(19)20)17-11-4-1-7(6-16-11)12(15)18/h1-6H,(H2,15,18)(H,16,17)(H,19,20). The number of carbonyl (C=O) groups excluding carboxylic acids is 1. The monoisotopic (exact) mass is 275 g/mol. The van der Waals surface area contributed by atoms with Gasteiger partial charge >= 0.3 is 5.97 Å². The van der Waals surface area contributed by atoms with Gasteiger partial charge in [0, 0.05) is 11.9 Å². The van der Waals surface area contributed by atoms with Crippen LogP contribution in [0.3, 0.4) is 0 Å². The van der Waals surface area contributed by atoms with Gasteiger partial charge in [-0.25, -0.2) is 14.2 Å². The van der Waals surface area contributed by atoms with Crippen molar-refractivity contribution < 1.29 is 19.1 Å². The molecular weight excluding hydrogens is 265 g/mol. The Bertz CT molecular complexity index is 671. The molecule has 2 aromatic rings. The number of primary amides is 1. The summed E-state index contributed by atoms with van der Waals surface area (Å²) in [7, 11) is 0. The molecule has 0 bridgehead atoms. The van der Waals surface area contributed by atoms with Crippen LogP contribution in [0.2, 0.25) is 0 Å². The number of aromatic carboxylic acids is 1. The molecule has 1 aromatic carbocycles. The number of amides is 1. The lowest BCUT2D eigenvalue weighted by Gasteiger charge is -2.07. The number of halogens is 1. The fourth-order valence-electron chi connectivity index (χ4n) is 1.53. The Morgan fingerprint density at radius 1 is 1.25 bits per heavy atom. The molecule has 0 saturated carbocycles. The van der Waals surface area contributed by atoms with Crippen LogP contribution in [0.25, 0.3) is 0 Å². The first-order chi connectivity index (χ1) is 9.47. The van der Waals surface area contributed by atoms with E-state index in [4.69, 9.17) is 10.8 Å². The van der Waals surface area contributed by atoms with Crippen LogP contribution in [0.15, 0.2) is 36.5 Å². The van der Waals surface area contributed by atoms with Crippen LogP contribution in [-0.4, -0.2) is 22.0 Å². The van der Waals surface area contributed by atoms with Gasteiger partial charge in [0.25, 0.3) is 0 Å². The van der Waals surface area contributed by atoms with Crippen molar-refractivity contribution in [3.8, 4) is 0 Å². The minimum atomic E-state index is -1.34. The van der Waals surface area contributed by atoms with E-state index in [0.29, 0.717) is 11.5 Å². The zero-order chi connectivity index (χ0) is 14.7. The molecule has 0 spiro atoms. The van der Waals surface area contributed by atoms with Gasteiger partial charge in [-0.2, -0.15) is 0 Å². The zero-order valence-corrected chi connectivity index (χ0v) is 10.1. The molecule has 0 fully saturated rings. The molecule has 0 aliphatic carbocycles. The van der Waals surface area contributed by atoms with Crippen molar-refractivity contribution in [3.63, 3.8) is 0 Å². The number of hydrogen-bond acceptors (Lipinski definition) is 4. The van der Waals surface area contributed by atoms with E-state index in [9.17, 15) is 14.0 Å². The number of nitrogens with two attached hydrogens (primary N) is 1. The normalized spacial score (nSPS) is 10.1. The summed E-state index contributed by atoms with van der Waals surface area (Å²) >= 11 is 0. The Morgan fingerprint density at radius 2 is 2.00 bits per heavy atom. The second-order valence-electron chi connectivity index (χ2n) is 3.92. The fraction of sp³-hybridized carbons (Fsp3) is 0. The van der Waals surface area contributed by atoms with Gasteiger partial charge in [-0.15, -0.1) is 0 Å². The molecule has 0 radical (unpaired) electrons. The van der Waals surface area contributed by atoms with Crippen LogP contribution in [0, 0.1) is 5.82 Å². The topological polar surface area (TPSA) is 105 Å². The van der Waals surface area contributed by atoms with Crippen molar-refractivity contribution in [2.45, 2.75) is 0 Å². The van der Waals surface area contributed by atoms with Gasteiger partial charge in [-0.3, -0.25) is 4.79 Å². The Morgan fingerprint density at radius 3 is 2.50 bits per heavy atom. The number of pyridine rings is 1. The van der Waals surface area contributed by atoms with Gasteiger partial charge in [-0.1, -0.05) is 0 Å². The lowest BCUT2D eigenvalue weighted by Crippen LogP contribution is -2.11. The summed E-state index contributed by atoms with van der Waals surface area (Å²) in [4.78, 5) is 25.5. The van der Waals surface area contributed by atoms with Crippen molar-refractivity contribution in [1.82, 2.24) is 4.98 Å². The molecule has 0 unspecified atom stereocenters. The van der Waals surface area contributed by atoms with E-state index in [2.05, 4.69) is 10.3 Å². The van der Waals surface area contributed by atoms with Crippen LogP contribution in [0.4, 0.5) is 15.9 Å². The predicted octanol–water partition coefficient (Wildman–Crippen LogP) is 1.76. The molecule has 2 rings (SSSR count). The van der Waals surface area contributed by atoms with E-state index in [0.717, 1.165) is 12.1 Å². The van der Waals surface area contributed by atoms with Gasteiger partial charge in [0.2, 0.25) is 5.91 Å². The molecule has 20 heavy (non-hydrogen) atoms. The number of carboxylic acids is 1. The summed E-state index contributed by atoms with van der Waals surface area (Å²) in [5.74, 6) is -2.41. The molecule has 0 saturated heterocycles. The highest BCUT2D eigenvalue weighted by Gasteiger charge is 2.10. The highest BCUT2D eigenvalue weighted by atomic mass is 19.1. The number of anilines is 2. The molecular formula is C13H10FN3O3. The van der Waals surface area contributed by atoms with Gasteiger partial charge in [0.1, 0.15) is 11.6 Å². The minimum absolute atomic E-state index is 0.253. The third-order valence-electron chi connectivity index (χ3n) is 2.52. The second kappa shape index (κ2) is 5.35. The largest absolute Gasteiger partial charge is 0.478 e. The molecule has 0 aliphatic heterocycles. The van der Waals surface area contributed by atoms with Crippen molar-refractivity contribution in [2.75, 3.05) is 5.32 Å². The number of hydrogen-bond donors (Lipinski definition) is 3. The molecule has 7 heteroatoms. The van der Waals surface area contributed by atoms with Crippen molar-refractivity contribution >= 4 is 23.4 Å².